The van der Waals surface area contributed by atoms with Gasteiger partial charge in [-0.1, -0.05) is 42.5 Å². The molecule has 0 spiro atoms. The van der Waals surface area contributed by atoms with Crippen LogP contribution in [-0.4, -0.2) is 25.2 Å². The van der Waals surface area contributed by atoms with Crippen molar-refractivity contribution >= 4 is 12.0 Å². The van der Waals surface area contributed by atoms with E-state index >= 15 is 0 Å². The Hall–Kier alpha value is -3.10. The number of carbonyl (C=O) groups excluding carboxylic acids is 1. The highest BCUT2D eigenvalue weighted by atomic mass is 16.5. The molecule has 1 fully saturated rings. The minimum atomic E-state index is -0.386. The van der Waals surface area contributed by atoms with Gasteiger partial charge in [0.1, 0.15) is 24.0 Å². The molecular weight excluding hydrogens is 340 g/mol. The topological polar surface area (TPSA) is 71.3 Å². The molecule has 2 aromatic rings. The number of nitrogens with one attached hydrogen (secondary N) is 1. The summed E-state index contributed by atoms with van der Waals surface area (Å²) in [6.45, 7) is 1.62. The van der Waals surface area contributed by atoms with Gasteiger partial charge < -0.3 is 14.8 Å². The maximum atomic E-state index is 12.2. The maximum Gasteiger partial charge on any atom is 0.262 e. The lowest BCUT2D eigenvalue weighted by molar-refractivity contribution is -0.117. The molecule has 5 nitrogen and oxygen atoms in total. The van der Waals surface area contributed by atoms with E-state index < -0.39 is 0 Å². The molecule has 1 atom stereocenters. The van der Waals surface area contributed by atoms with E-state index in [-0.39, 0.29) is 17.6 Å². The first-order valence-corrected chi connectivity index (χ1v) is 9.03. The summed E-state index contributed by atoms with van der Waals surface area (Å²) in [5.41, 5.74) is 1.88. The summed E-state index contributed by atoms with van der Waals surface area (Å²) in [6.07, 6.45) is 3.56. The summed E-state index contributed by atoms with van der Waals surface area (Å²) >= 11 is 0. The first-order valence-electron chi connectivity index (χ1n) is 9.03. The molecule has 0 saturated carbocycles. The van der Waals surface area contributed by atoms with Crippen LogP contribution in [0.5, 0.6) is 5.75 Å². The zero-order valence-corrected chi connectivity index (χ0v) is 15.1. The van der Waals surface area contributed by atoms with Gasteiger partial charge >= 0.3 is 0 Å². The molecule has 0 bridgehead atoms. The molecule has 1 heterocycles. The van der Waals surface area contributed by atoms with Crippen LogP contribution in [0, 0.1) is 11.3 Å². The molecule has 1 saturated heterocycles. The van der Waals surface area contributed by atoms with Crippen molar-refractivity contribution in [2.24, 2.45) is 0 Å². The first-order chi connectivity index (χ1) is 13.2. The van der Waals surface area contributed by atoms with Crippen molar-refractivity contribution in [1.82, 2.24) is 5.32 Å². The van der Waals surface area contributed by atoms with Crippen LogP contribution in [-0.2, 0) is 16.1 Å². The van der Waals surface area contributed by atoms with Crippen molar-refractivity contribution < 1.29 is 14.3 Å². The Bertz CT molecular complexity index is 834. The third-order valence-electron chi connectivity index (χ3n) is 4.30. The lowest BCUT2D eigenvalue weighted by Gasteiger charge is -2.10. The summed E-state index contributed by atoms with van der Waals surface area (Å²) in [4.78, 5) is 12.2. The SMILES string of the molecule is N#C/C(=C\c1cccc(OCc2ccccc2)c1)C(=O)NCC1CCCO1. The molecular formula is C22H22N2O3. The number of ether oxygens (including phenoxy) is 2. The second-order valence-corrected chi connectivity index (χ2v) is 6.36. The molecule has 1 aliphatic rings. The largest absolute Gasteiger partial charge is 0.489 e. The number of nitriles is 1. The van der Waals surface area contributed by atoms with Crippen LogP contribution < -0.4 is 10.1 Å². The Balaban J connectivity index is 1.61. The Kier molecular flexibility index (Phi) is 6.61. The van der Waals surface area contributed by atoms with E-state index in [1.807, 2.05) is 60.7 Å². The lowest BCUT2D eigenvalue weighted by Crippen LogP contribution is -2.32. The van der Waals surface area contributed by atoms with Crippen molar-refractivity contribution in [2.75, 3.05) is 13.2 Å². The molecule has 0 radical (unpaired) electrons. The first kappa shape index (κ1) is 18.7. The molecule has 3 rings (SSSR count). The molecule has 1 amide bonds. The van der Waals surface area contributed by atoms with E-state index in [4.69, 9.17) is 9.47 Å². The van der Waals surface area contributed by atoms with E-state index in [1.54, 1.807) is 6.08 Å². The monoisotopic (exact) mass is 362 g/mol. The van der Waals surface area contributed by atoms with E-state index in [9.17, 15) is 10.1 Å². The van der Waals surface area contributed by atoms with Gasteiger partial charge in [0.15, 0.2) is 0 Å². The van der Waals surface area contributed by atoms with Crippen molar-refractivity contribution in [1.29, 1.82) is 5.26 Å². The summed E-state index contributed by atoms with van der Waals surface area (Å²) in [5, 5.41) is 12.1. The minimum absolute atomic E-state index is 0.0450. The number of hydrogen-bond acceptors (Lipinski definition) is 4. The fraction of sp³-hybridized carbons (Fsp3) is 0.273. The lowest BCUT2D eigenvalue weighted by atomic mass is 10.1. The Morgan fingerprint density at radius 1 is 1.26 bits per heavy atom. The van der Waals surface area contributed by atoms with Crippen molar-refractivity contribution in [3.63, 3.8) is 0 Å². The molecule has 1 unspecified atom stereocenters. The molecule has 27 heavy (non-hydrogen) atoms. The van der Waals surface area contributed by atoms with Crippen molar-refractivity contribution in [3.05, 3.63) is 71.3 Å². The van der Waals surface area contributed by atoms with Crippen LogP contribution in [0.4, 0.5) is 0 Å². The average Bonchev–Trinajstić information content (AvgIpc) is 3.23. The Morgan fingerprint density at radius 3 is 2.85 bits per heavy atom. The number of rotatable bonds is 7. The van der Waals surface area contributed by atoms with Gasteiger partial charge in [-0.15, -0.1) is 0 Å². The van der Waals surface area contributed by atoms with E-state index in [0.717, 1.165) is 30.6 Å². The van der Waals surface area contributed by atoms with E-state index in [2.05, 4.69) is 5.32 Å². The highest BCUT2D eigenvalue weighted by molar-refractivity contribution is 6.01. The molecule has 2 aromatic carbocycles. The third kappa shape index (κ3) is 5.70. The van der Waals surface area contributed by atoms with Crippen LogP contribution in [0.25, 0.3) is 6.08 Å². The van der Waals surface area contributed by atoms with Gasteiger partial charge in [0, 0.05) is 13.2 Å². The van der Waals surface area contributed by atoms with Crippen LogP contribution in [0.2, 0.25) is 0 Å². The Morgan fingerprint density at radius 2 is 2.11 bits per heavy atom. The highest BCUT2D eigenvalue weighted by Gasteiger charge is 2.17. The fourth-order valence-corrected chi connectivity index (χ4v) is 2.86. The van der Waals surface area contributed by atoms with Gasteiger partial charge in [0.2, 0.25) is 0 Å². The van der Waals surface area contributed by atoms with Gasteiger partial charge in [-0.2, -0.15) is 5.26 Å². The smallest absolute Gasteiger partial charge is 0.262 e. The molecule has 5 heteroatoms. The predicted octanol–water partition coefficient (Wildman–Crippen LogP) is 3.47. The molecule has 1 aliphatic heterocycles. The summed E-state index contributed by atoms with van der Waals surface area (Å²) < 4.78 is 11.3. The second kappa shape index (κ2) is 9.56. The quantitative estimate of drug-likeness (QED) is 0.605. The number of benzene rings is 2. The van der Waals surface area contributed by atoms with Crippen LogP contribution in [0.3, 0.4) is 0 Å². The molecule has 0 aromatic heterocycles. The van der Waals surface area contributed by atoms with Crippen molar-refractivity contribution in [2.45, 2.75) is 25.6 Å². The highest BCUT2D eigenvalue weighted by Crippen LogP contribution is 2.18. The number of amides is 1. The fourth-order valence-electron chi connectivity index (χ4n) is 2.86. The maximum absolute atomic E-state index is 12.2. The van der Waals surface area contributed by atoms with Gasteiger partial charge in [0.25, 0.3) is 5.91 Å². The van der Waals surface area contributed by atoms with Crippen LogP contribution in [0.15, 0.2) is 60.2 Å². The summed E-state index contributed by atoms with van der Waals surface area (Å²) in [5.74, 6) is 0.299. The molecule has 1 N–H and O–H groups in total. The molecule has 138 valence electrons. The minimum Gasteiger partial charge on any atom is -0.489 e. The second-order valence-electron chi connectivity index (χ2n) is 6.36. The van der Waals surface area contributed by atoms with E-state index in [1.165, 1.54) is 0 Å². The number of carbonyl (C=O) groups is 1. The standard InChI is InChI=1S/C22H22N2O3/c23-14-19(22(25)24-15-21-10-5-11-26-21)12-18-8-4-9-20(13-18)27-16-17-6-2-1-3-7-17/h1-4,6-9,12-13,21H,5,10-11,15-16H2,(H,24,25)/b19-12+. The van der Waals surface area contributed by atoms with Crippen LogP contribution in [0.1, 0.15) is 24.0 Å². The van der Waals surface area contributed by atoms with E-state index in [0.29, 0.717) is 18.9 Å². The van der Waals surface area contributed by atoms with Gasteiger partial charge in [-0.05, 0) is 42.2 Å². The zero-order valence-electron chi connectivity index (χ0n) is 15.1. The molecule has 0 aliphatic carbocycles. The zero-order chi connectivity index (χ0) is 18.9. The van der Waals surface area contributed by atoms with Gasteiger partial charge in [-0.3, -0.25) is 4.79 Å². The average molecular weight is 362 g/mol. The summed E-state index contributed by atoms with van der Waals surface area (Å²) in [6, 6.07) is 19.2. The normalized spacial score (nSPS) is 16.6. The summed E-state index contributed by atoms with van der Waals surface area (Å²) in [7, 11) is 0. The van der Waals surface area contributed by atoms with Gasteiger partial charge in [-0.25, -0.2) is 0 Å². The number of nitrogens with zero attached hydrogens (tertiary/aromatic N) is 1. The van der Waals surface area contributed by atoms with Gasteiger partial charge in [0.05, 0.1) is 6.10 Å². The predicted molar refractivity (Wildman–Crippen MR) is 103 cm³/mol. The van der Waals surface area contributed by atoms with Crippen LogP contribution >= 0.6 is 0 Å². The van der Waals surface area contributed by atoms with Crippen molar-refractivity contribution in [3.8, 4) is 11.8 Å². The number of hydrogen-bond donors (Lipinski definition) is 1. The Labute approximate surface area is 159 Å². The third-order valence-corrected chi connectivity index (χ3v) is 4.30.